The zero-order valence-electron chi connectivity index (χ0n) is 19.6. The lowest BCUT2D eigenvalue weighted by molar-refractivity contribution is -0.0417. The van der Waals surface area contributed by atoms with E-state index in [-0.39, 0.29) is 23.7 Å². The molecule has 1 fully saturated rings. The molecule has 176 valence electrons. The van der Waals surface area contributed by atoms with E-state index in [4.69, 9.17) is 4.74 Å². The number of aromatic nitrogens is 3. The summed E-state index contributed by atoms with van der Waals surface area (Å²) in [5.41, 5.74) is 3.40. The van der Waals surface area contributed by atoms with E-state index >= 15 is 0 Å². The summed E-state index contributed by atoms with van der Waals surface area (Å²) in [5, 5.41) is 6.64. The molecule has 10 heteroatoms. The van der Waals surface area contributed by atoms with Gasteiger partial charge in [-0.3, -0.25) is 14.3 Å². The van der Waals surface area contributed by atoms with Gasteiger partial charge in [0.15, 0.2) is 0 Å². The monoisotopic (exact) mass is 461 g/mol. The van der Waals surface area contributed by atoms with Crippen molar-refractivity contribution in [2.75, 3.05) is 18.9 Å². The third-order valence-corrected chi connectivity index (χ3v) is 6.52. The van der Waals surface area contributed by atoms with Gasteiger partial charge in [0.05, 0.1) is 28.6 Å². The van der Waals surface area contributed by atoms with Crippen molar-refractivity contribution < 1.29 is 9.53 Å². The maximum absolute atomic E-state index is 12.5. The minimum Gasteiger partial charge on any atom is -0.486 e. The molecule has 4 heterocycles. The summed E-state index contributed by atoms with van der Waals surface area (Å²) in [5.74, 6) is 1.12. The molecule has 0 aliphatic carbocycles. The fourth-order valence-electron chi connectivity index (χ4n) is 4.50. The first-order chi connectivity index (χ1) is 16.4. The van der Waals surface area contributed by atoms with Gasteiger partial charge >= 0.3 is 5.69 Å². The zero-order valence-corrected chi connectivity index (χ0v) is 19.6. The predicted molar refractivity (Wildman–Crippen MR) is 130 cm³/mol. The standard InChI is InChI=1S/C24H27N7O3/c1-5-31-22-21-17(26-12-27-22)8-15(9-18(21)29-24(31)33)10-30-11-20(14(30)3)34-19-7-6-16(23(32)25-4)28-13(19)2/h6-9,12,14,20H,5,10-11H2,1-4H3,(H,25,32)(H,26,27)/t14-,20+/m1/s1. The summed E-state index contributed by atoms with van der Waals surface area (Å²) in [6, 6.07) is 7.73. The van der Waals surface area contributed by atoms with Crippen LogP contribution in [0, 0.1) is 6.92 Å². The molecule has 0 radical (unpaired) electrons. The highest BCUT2D eigenvalue weighted by Crippen LogP contribution is 2.35. The summed E-state index contributed by atoms with van der Waals surface area (Å²) in [6.07, 6.45) is 1.64. The average molecular weight is 462 g/mol. The average Bonchev–Trinajstić information content (AvgIpc) is 2.83. The molecule has 10 nitrogen and oxygen atoms in total. The second-order valence-electron chi connectivity index (χ2n) is 8.59. The molecule has 0 saturated carbocycles. The van der Waals surface area contributed by atoms with Gasteiger partial charge in [0.25, 0.3) is 5.91 Å². The quantitative estimate of drug-likeness (QED) is 0.579. The summed E-state index contributed by atoms with van der Waals surface area (Å²) in [4.78, 5) is 39.6. The van der Waals surface area contributed by atoms with Crippen LogP contribution in [-0.2, 0) is 13.1 Å². The number of nitrogens with zero attached hydrogens (tertiary/aromatic N) is 5. The van der Waals surface area contributed by atoms with Crippen LogP contribution in [-0.4, -0.2) is 57.4 Å². The van der Waals surface area contributed by atoms with Crippen molar-refractivity contribution in [2.45, 2.75) is 46.0 Å². The van der Waals surface area contributed by atoms with Crippen LogP contribution >= 0.6 is 0 Å². The minimum atomic E-state index is -0.288. The second kappa shape index (κ2) is 8.53. The molecule has 1 amide bonds. The molecular weight excluding hydrogens is 434 g/mol. The van der Waals surface area contributed by atoms with E-state index in [1.54, 1.807) is 30.1 Å². The normalized spacial score (nSPS) is 18.9. The van der Waals surface area contributed by atoms with Gasteiger partial charge in [0, 0.05) is 32.7 Å². The third kappa shape index (κ3) is 3.69. The largest absolute Gasteiger partial charge is 0.486 e. The van der Waals surface area contributed by atoms with E-state index in [1.165, 1.54) is 0 Å². The molecular formula is C24H27N7O3. The van der Waals surface area contributed by atoms with Crippen molar-refractivity contribution in [2.24, 2.45) is 4.99 Å². The summed E-state index contributed by atoms with van der Waals surface area (Å²) in [6.45, 7) is 7.87. The molecule has 2 aromatic heterocycles. The molecule has 1 aromatic carbocycles. The molecule has 2 N–H and O–H groups in total. The topological polar surface area (TPSA) is 114 Å². The van der Waals surface area contributed by atoms with Gasteiger partial charge < -0.3 is 15.4 Å². The number of benzene rings is 1. The number of pyridine rings is 1. The van der Waals surface area contributed by atoms with Crippen LogP contribution in [0.2, 0.25) is 0 Å². The molecule has 5 rings (SSSR count). The van der Waals surface area contributed by atoms with Crippen LogP contribution in [0.25, 0.3) is 10.9 Å². The first-order valence-corrected chi connectivity index (χ1v) is 11.4. The first kappa shape index (κ1) is 22.0. The molecule has 0 bridgehead atoms. The Morgan fingerprint density at radius 1 is 1.29 bits per heavy atom. The lowest BCUT2D eigenvalue weighted by atomic mass is 9.98. The Labute approximate surface area is 196 Å². The van der Waals surface area contributed by atoms with E-state index < -0.39 is 0 Å². The molecule has 0 spiro atoms. The van der Waals surface area contributed by atoms with Crippen LogP contribution in [0.4, 0.5) is 11.5 Å². The van der Waals surface area contributed by atoms with Crippen molar-refractivity contribution >= 4 is 34.7 Å². The number of rotatable bonds is 6. The zero-order chi connectivity index (χ0) is 24.0. The number of aliphatic imine (C=N–C) groups is 1. The van der Waals surface area contributed by atoms with Crippen molar-refractivity contribution in [3.63, 3.8) is 0 Å². The van der Waals surface area contributed by atoms with E-state index in [0.29, 0.717) is 41.6 Å². The van der Waals surface area contributed by atoms with Crippen LogP contribution in [0.15, 0.2) is 34.1 Å². The van der Waals surface area contributed by atoms with E-state index in [9.17, 15) is 9.59 Å². The lowest BCUT2D eigenvalue weighted by Crippen LogP contribution is -2.60. The highest BCUT2D eigenvalue weighted by atomic mass is 16.5. The molecule has 1 saturated heterocycles. The Balaban J connectivity index is 1.31. The van der Waals surface area contributed by atoms with Crippen molar-refractivity contribution in [1.29, 1.82) is 0 Å². The Bertz CT molecular complexity index is 1380. The summed E-state index contributed by atoms with van der Waals surface area (Å²) >= 11 is 0. The Morgan fingerprint density at radius 3 is 2.82 bits per heavy atom. The van der Waals surface area contributed by atoms with Crippen molar-refractivity contribution in [3.8, 4) is 5.75 Å². The highest BCUT2D eigenvalue weighted by molar-refractivity contribution is 6.06. The number of amides is 1. The molecule has 0 unspecified atom stereocenters. The predicted octanol–water partition coefficient (Wildman–Crippen LogP) is 2.22. The molecule has 34 heavy (non-hydrogen) atoms. The van der Waals surface area contributed by atoms with E-state index in [0.717, 1.165) is 23.2 Å². The van der Waals surface area contributed by atoms with Crippen molar-refractivity contribution in [1.82, 2.24) is 24.8 Å². The third-order valence-electron chi connectivity index (χ3n) is 6.52. The number of ether oxygens (including phenoxy) is 1. The Morgan fingerprint density at radius 2 is 2.12 bits per heavy atom. The molecule has 3 aromatic rings. The number of aryl methyl sites for hydroxylation is 1. The molecule has 2 aliphatic rings. The van der Waals surface area contributed by atoms with Gasteiger partial charge in [-0.2, -0.15) is 4.98 Å². The maximum atomic E-state index is 12.5. The fourth-order valence-corrected chi connectivity index (χ4v) is 4.50. The van der Waals surface area contributed by atoms with E-state index in [1.807, 2.05) is 19.9 Å². The minimum absolute atomic E-state index is 0.0249. The second-order valence-corrected chi connectivity index (χ2v) is 8.59. The number of hydrogen-bond acceptors (Lipinski definition) is 8. The smallest absolute Gasteiger partial charge is 0.349 e. The summed E-state index contributed by atoms with van der Waals surface area (Å²) in [7, 11) is 1.58. The first-order valence-electron chi connectivity index (χ1n) is 11.4. The number of carbonyl (C=O) groups excluding carboxylic acids is 1. The SMILES string of the molecule is CCn1c2c3c(cc(CN4C[C@H](Oc5ccc(C(=O)NC)nc5C)[C@H]4C)cc3nc1=O)NC=N2. The van der Waals surface area contributed by atoms with Crippen LogP contribution in [0.1, 0.15) is 35.6 Å². The lowest BCUT2D eigenvalue weighted by Gasteiger charge is -2.46. The van der Waals surface area contributed by atoms with Crippen molar-refractivity contribution in [3.05, 3.63) is 51.7 Å². The highest BCUT2D eigenvalue weighted by Gasteiger charge is 2.37. The summed E-state index contributed by atoms with van der Waals surface area (Å²) < 4.78 is 7.77. The number of hydrogen-bond donors (Lipinski definition) is 2. The van der Waals surface area contributed by atoms with Gasteiger partial charge in [0.2, 0.25) is 0 Å². The maximum Gasteiger partial charge on any atom is 0.349 e. The van der Waals surface area contributed by atoms with Gasteiger partial charge in [-0.25, -0.2) is 14.8 Å². The number of carbonyl (C=O) groups is 1. The van der Waals surface area contributed by atoms with Gasteiger partial charge in [-0.15, -0.1) is 0 Å². The molecule has 2 aliphatic heterocycles. The Hall–Kier alpha value is -3.79. The van der Waals surface area contributed by atoms with Gasteiger partial charge in [-0.05, 0) is 50.6 Å². The van der Waals surface area contributed by atoms with E-state index in [2.05, 4.69) is 43.5 Å². The van der Waals surface area contributed by atoms with Gasteiger partial charge in [0.1, 0.15) is 23.4 Å². The Kier molecular flexibility index (Phi) is 5.52. The fraction of sp³-hybridized carbons (Fsp3) is 0.375. The van der Waals surface area contributed by atoms with Gasteiger partial charge in [-0.1, -0.05) is 0 Å². The number of likely N-dealkylation sites (tertiary alicyclic amines) is 1. The molecule has 2 atom stereocenters. The number of anilines is 1. The van der Waals surface area contributed by atoms with Crippen LogP contribution in [0.5, 0.6) is 5.75 Å². The van der Waals surface area contributed by atoms with Crippen LogP contribution in [0.3, 0.4) is 0 Å². The van der Waals surface area contributed by atoms with Crippen LogP contribution < -0.4 is 21.1 Å². The number of nitrogens with one attached hydrogen (secondary N) is 2.